The Labute approximate surface area is 192 Å². The van der Waals surface area contributed by atoms with Crippen LogP contribution in [-0.4, -0.2) is 48.4 Å². The number of benzene rings is 1. The van der Waals surface area contributed by atoms with Crippen LogP contribution in [0.4, 0.5) is 14.7 Å². The highest BCUT2D eigenvalue weighted by molar-refractivity contribution is 7.88. The third kappa shape index (κ3) is 3.72. The molecular formula is C23H28F2N4O3S. The normalized spacial score (nSPS) is 27.2. The molecule has 2 aliphatic carbocycles. The Bertz CT molecular complexity index is 1250. The highest BCUT2D eigenvalue weighted by Gasteiger charge is 2.45. The highest BCUT2D eigenvalue weighted by Crippen LogP contribution is 2.48. The lowest BCUT2D eigenvalue weighted by Gasteiger charge is -2.43. The van der Waals surface area contributed by atoms with E-state index in [1.165, 1.54) is 0 Å². The first-order valence-corrected chi connectivity index (χ1v) is 13.0. The van der Waals surface area contributed by atoms with Crippen molar-refractivity contribution in [3.63, 3.8) is 0 Å². The second kappa shape index (κ2) is 7.16. The van der Waals surface area contributed by atoms with Crippen LogP contribution in [0, 0.1) is 0 Å². The topological polar surface area (TPSA) is 95.4 Å². The monoisotopic (exact) mass is 478 g/mol. The van der Waals surface area contributed by atoms with Gasteiger partial charge in [0, 0.05) is 30.1 Å². The third-order valence-corrected chi connectivity index (χ3v) is 7.93. The first kappa shape index (κ1) is 22.6. The molecule has 0 unspecified atom stereocenters. The zero-order valence-electron chi connectivity index (χ0n) is 19.1. The molecule has 0 amide bonds. The van der Waals surface area contributed by atoms with Gasteiger partial charge in [-0.1, -0.05) is 26.0 Å². The molecule has 33 heavy (non-hydrogen) atoms. The summed E-state index contributed by atoms with van der Waals surface area (Å²) in [6.45, 7) is 6.22. The van der Waals surface area contributed by atoms with Crippen LogP contribution in [0.15, 0.2) is 18.2 Å². The molecule has 0 spiro atoms. The number of anilines is 1. The summed E-state index contributed by atoms with van der Waals surface area (Å²) >= 11 is 0. The van der Waals surface area contributed by atoms with Crippen molar-refractivity contribution in [1.82, 2.24) is 14.7 Å². The number of halogens is 2. The van der Waals surface area contributed by atoms with Gasteiger partial charge < -0.3 is 10.0 Å². The van der Waals surface area contributed by atoms with Gasteiger partial charge >= 0.3 is 0 Å². The number of aromatic nitrogens is 2. The number of hydrogen-bond acceptors (Lipinski definition) is 6. The number of aliphatic hydroxyl groups excluding tert-OH is 1. The first-order chi connectivity index (χ1) is 15.3. The molecule has 0 radical (unpaired) electrons. The van der Waals surface area contributed by atoms with Crippen LogP contribution in [0.1, 0.15) is 62.0 Å². The average molecular weight is 479 g/mol. The van der Waals surface area contributed by atoms with Gasteiger partial charge in [0.05, 0.1) is 24.1 Å². The molecule has 3 aliphatic rings. The van der Waals surface area contributed by atoms with Gasteiger partial charge in [-0.25, -0.2) is 23.1 Å². The molecule has 7 nitrogen and oxygen atoms in total. The van der Waals surface area contributed by atoms with Crippen molar-refractivity contribution < 1.29 is 22.3 Å². The van der Waals surface area contributed by atoms with Crippen LogP contribution in [-0.2, 0) is 27.8 Å². The van der Waals surface area contributed by atoms with Crippen LogP contribution in [0.2, 0.25) is 0 Å². The van der Waals surface area contributed by atoms with E-state index in [0.29, 0.717) is 29.8 Å². The molecule has 2 aromatic rings. The van der Waals surface area contributed by atoms with Crippen LogP contribution >= 0.6 is 0 Å². The Balaban J connectivity index is 1.63. The van der Waals surface area contributed by atoms with Gasteiger partial charge in [-0.2, -0.15) is 8.78 Å². The number of rotatable bonds is 4. The van der Waals surface area contributed by atoms with Crippen LogP contribution in [0.3, 0.4) is 0 Å². The van der Waals surface area contributed by atoms with E-state index in [-0.39, 0.29) is 42.0 Å². The summed E-state index contributed by atoms with van der Waals surface area (Å²) in [5.74, 6) is -2.81. The quantitative estimate of drug-likeness (QED) is 0.702. The molecular weight excluding hydrogens is 450 g/mol. The predicted octanol–water partition coefficient (Wildman–Crippen LogP) is 3.02. The van der Waals surface area contributed by atoms with Crippen molar-refractivity contribution in [1.29, 1.82) is 0 Å². The van der Waals surface area contributed by atoms with Crippen LogP contribution in [0.5, 0.6) is 0 Å². The largest absolute Gasteiger partial charge is 0.389 e. The van der Waals surface area contributed by atoms with Gasteiger partial charge in [-0.05, 0) is 42.4 Å². The summed E-state index contributed by atoms with van der Waals surface area (Å²) in [5.41, 5.74) is 3.00. The van der Waals surface area contributed by atoms with Crippen molar-refractivity contribution in [3.8, 4) is 11.3 Å². The molecule has 2 heterocycles. The minimum atomic E-state index is -3.39. The lowest BCUT2D eigenvalue weighted by atomic mass is 9.85. The minimum absolute atomic E-state index is 0.189. The van der Waals surface area contributed by atoms with Gasteiger partial charge in [0.1, 0.15) is 5.69 Å². The fraction of sp³-hybridized carbons (Fsp3) is 0.565. The SMILES string of the molecule is C[C@H]1[C@H](O)CN1c1nc(-c2ccc3c(c2)C(C)(C)C[C@H]3NS(C)(=O)=O)c2c(n1)C(F)(F)CC2. The molecule has 2 N–H and O–H groups in total. The molecule has 1 saturated heterocycles. The van der Waals surface area contributed by atoms with Crippen molar-refractivity contribution in [2.24, 2.45) is 0 Å². The standard InChI is InChI=1S/C23H28F2N4O3S/c1-12-18(30)11-29(12)21-26-19(15-7-8-23(24,25)20(15)27-21)13-5-6-14-16(9-13)22(2,3)10-17(14)28-33(4,31)32/h5-6,9,12,17-18,28,30H,7-8,10-11H2,1-4H3/t12-,17+,18+/m0/s1. The summed E-state index contributed by atoms with van der Waals surface area (Å²) < 4.78 is 55.8. The number of hydrogen-bond donors (Lipinski definition) is 2. The van der Waals surface area contributed by atoms with Crippen LogP contribution < -0.4 is 9.62 Å². The van der Waals surface area contributed by atoms with Crippen molar-refractivity contribution in [2.75, 3.05) is 17.7 Å². The molecule has 3 atom stereocenters. The number of β-amino-alcohol motifs (C(OH)–C–C–N with tert-alkyl or cyclic N) is 1. The molecule has 1 fully saturated rings. The summed E-state index contributed by atoms with van der Waals surface area (Å²) in [4.78, 5) is 10.7. The fourth-order valence-corrected chi connectivity index (χ4v) is 6.05. The zero-order chi connectivity index (χ0) is 23.9. The lowest BCUT2D eigenvalue weighted by Crippen LogP contribution is -2.59. The summed E-state index contributed by atoms with van der Waals surface area (Å²) in [7, 11) is -3.39. The zero-order valence-corrected chi connectivity index (χ0v) is 19.9. The maximum absolute atomic E-state index is 14.7. The lowest BCUT2D eigenvalue weighted by molar-refractivity contribution is -0.00603. The molecule has 0 saturated carbocycles. The van der Waals surface area contributed by atoms with E-state index in [4.69, 9.17) is 4.98 Å². The number of aliphatic hydroxyl groups is 1. The second-order valence-electron chi connectivity index (χ2n) is 10.2. The smallest absolute Gasteiger partial charge is 0.290 e. The summed E-state index contributed by atoms with van der Waals surface area (Å²) in [5, 5.41) is 9.91. The second-order valence-corrected chi connectivity index (χ2v) is 12.0. The molecule has 1 aliphatic heterocycles. The molecule has 1 aromatic heterocycles. The number of nitrogens with one attached hydrogen (secondary N) is 1. The van der Waals surface area contributed by atoms with E-state index < -0.39 is 22.0 Å². The Kier molecular flexibility index (Phi) is 4.91. The van der Waals surface area contributed by atoms with E-state index in [0.717, 1.165) is 17.4 Å². The number of fused-ring (bicyclic) bond motifs is 2. The maximum Gasteiger partial charge on any atom is 0.290 e. The fourth-order valence-electron chi connectivity index (χ4n) is 5.32. The number of nitrogens with zero attached hydrogens (tertiary/aromatic N) is 3. The van der Waals surface area contributed by atoms with Crippen molar-refractivity contribution in [2.45, 2.75) is 69.6 Å². The molecule has 10 heteroatoms. The molecule has 178 valence electrons. The Morgan fingerprint density at radius 1 is 1.24 bits per heavy atom. The Morgan fingerprint density at radius 3 is 2.61 bits per heavy atom. The van der Waals surface area contributed by atoms with E-state index in [2.05, 4.69) is 9.71 Å². The Hall–Kier alpha value is -2.17. The van der Waals surface area contributed by atoms with Crippen molar-refractivity contribution >= 4 is 16.0 Å². The first-order valence-electron chi connectivity index (χ1n) is 11.1. The third-order valence-electron chi connectivity index (χ3n) is 7.22. The number of sulfonamides is 1. The van der Waals surface area contributed by atoms with Gasteiger partial charge in [0.25, 0.3) is 5.92 Å². The predicted molar refractivity (Wildman–Crippen MR) is 121 cm³/mol. The van der Waals surface area contributed by atoms with Crippen LogP contribution in [0.25, 0.3) is 11.3 Å². The molecule has 1 aromatic carbocycles. The summed E-state index contributed by atoms with van der Waals surface area (Å²) in [6, 6.07) is 5.08. The van der Waals surface area contributed by atoms with E-state index in [9.17, 15) is 22.3 Å². The highest BCUT2D eigenvalue weighted by atomic mass is 32.2. The van der Waals surface area contributed by atoms with Gasteiger partial charge in [-0.15, -0.1) is 0 Å². The molecule has 0 bridgehead atoms. The molecule has 5 rings (SSSR count). The van der Waals surface area contributed by atoms with E-state index in [1.807, 2.05) is 39.0 Å². The summed E-state index contributed by atoms with van der Waals surface area (Å²) in [6.07, 6.45) is 1.10. The average Bonchev–Trinajstić information content (AvgIpc) is 3.16. The number of alkyl halides is 2. The van der Waals surface area contributed by atoms with E-state index >= 15 is 0 Å². The van der Waals surface area contributed by atoms with Gasteiger partial charge in [-0.3, -0.25) is 0 Å². The Morgan fingerprint density at radius 2 is 1.97 bits per heavy atom. The van der Waals surface area contributed by atoms with Gasteiger partial charge in [0.2, 0.25) is 16.0 Å². The van der Waals surface area contributed by atoms with E-state index in [1.54, 1.807) is 4.90 Å². The van der Waals surface area contributed by atoms with Crippen molar-refractivity contribution in [3.05, 3.63) is 40.6 Å². The maximum atomic E-state index is 14.7. The van der Waals surface area contributed by atoms with Gasteiger partial charge in [0.15, 0.2) is 0 Å². The minimum Gasteiger partial charge on any atom is -0.389 e.